The summed E-state index contributed by atoms with van der Waals surface area (Å²) in [6.45, 7) is 16.6. The third-order valence-corrected chi connectivity index (χ3v) is 5.39. The first kappa shape index (κ1) is 20.7. The average molecular weight is 360 g/mol. The van der Waals surface area contributed by atoms with Crippen LogP contribution in [0.1, 0.15) is 38.8 Å². The van der Waals surface area contributed by atoms with Crippen LogP contribution >= 0.6 is 0 Å². The Kier molecular flexibility index (Phi) is 8.39. The van der Waals surface area contributed by atoms with Gasteiger partial charge in [0.05, 0.1) is 0 Å². The van der Waals surface area contributed by atoms with Crippen LogP contribution < -0.4 is 10.6 Å². The summed E-state index contributed by atoms with van der Waals surface area (Å²) in [5.41, 5.74) is 2.68. The minimum Gasteiger partial charge on any atom is -0.354 e. The van der Waals surface area contributed by atoms with E-state index in [-0.39, 0.29) is 0 Å². The van der Waals surface area contributed by atoms with Crippen LogP contribution in [0.5, 0.6) is 0 Å². The molecule has 0 bridgehead atoms. The zero-order chi connectivity index (χ0) is 18.9. The molecule has 0 amide bonds. The van der Waals surface area contributed by atoms with Crippen molar-refractivity contribution in [3.05, 3.63) is 35.4 Å². The third-order valence-electron chi connectivity index (χ3n) is 5.39. The number of hydrogen-bond donors (Lipinski definition) is 2. The molecular weight excluding hydrogens is 322 g/mol. The molecule has 2 rings (SSSR count). The molecule has 1 fully saturated rings. The van der Waals surface area contributed by atoms with Gasteiger partial charge >= 0.3 is 0 Å². The number of likely N-dealkylation sites (N-methyl/N-ethyl adjacent to an activating group) is 1. The molecule has 0 radical (unpaired) electrons. The molecule has 1 saturated heterocycles. The maximum atomic E-state index is 4.32. The van der Waals surface area contributed by atoms with Crippen molar-refractivity contribution in [2.75, 3.05) is 39.8 Å². The molecule has 1 aromatic rings. The molecule has 1 aliphatic heterocycles. The number of hydrogen-bond acceptors (Lipinski definition) is 3. The molecule has 1 aliphatic rings. The van der Waals surface area contributed by atoms with Gasteiger partial charge in [-0.15, -0.1) is 0 Å². The Labute approximate surface area is 159 Å². The van der Waals surface area contributed by atoms with Gasteiger partial charge in [0.15, 0.2) is 5.96 Å². The molecule has 1 aromatic carbocycles. The lowest BCUT2D eigenvalue weighted by Gasteiger charge is -2.34. The van der Waals surface area contributed by atoms with E-state index >= 15 is 0 Å². The van der Waals surface area contributed by atoms with E-state index in [9.17, 15) is 0 Å². The molecular formula is C21H37N5. The van der Waals surface area contributed by atoms with Crippen LogP contribution in [0.15, 0.2) is 29.3 Å². The second-order valence-corrected chi connectivity index (χ2v) is 7.63. The molecule has 26 heavy (non-hydrogen) atoms. The van der Waals surface area contributed by atoms with E-state index in [0.717, 1.165) is 19.0 Å². The minimum absolute atomic E-state index is 0.400. The summed E-state index contributed by atoms with van der Waals surface area (Å²) in [6.07, 6.45) is 0. The van der Waals surface area contributed by atoms with Crippen molar-refractivity contribution in [3.63, 3.8) is 0 Å². The first-order chi connectivity index (χ1) is 12.5. The molecule has 2 N–H and O–H groups in total. The normalized spacial score (nSPS) is 18.2. The van der Waals surface area contributed by atoms with E-state index in [1.807, 2.05) is 7.05 Å². The summed E-state index contributed by atoms with van der Waals surface area (Å²) in [5, 5.41) is 6.85. The number of guanidine groups is 1. The van der Waals surface area contributed by atoms with Crippen LogP contribution in [-0.2, 0) is 13.1 Å². The number of aliphatic imine (C=N–C) groups is 1. The fourth-order valence-electron chi connectivity index (χ4n) is 3.05. The van der Waals surface area contributed by atoms with Crippen molar-refractivity contribution in [3.8, 4) is 0 Å². The highest BCUT2D eigenvalue weighted by Crippen LogP contribution is 2.10. The van der Waals surface area contributed by atoms with E-state index in [1.165, 1.54) is 43.9 Å². The standard InChI is InChI=1S/C21H37N5/c1-6-25-11-13-26(14-12-25)16-20-9-7-19(8-10-20)15-23-21(22-5)24-18(4)17(2)3/h7-10,17-18H,6,11-16H2,1-5H3,(H2,22,23,24). The van der Waals surface area contributed by atoms with Crippen LogP contribution in [0.25, 0.3) is 0 Å². The molecule has 0 saturated carbocycles. The number of nitrogens with one attached hydrogen (secondary N) is 2. The zero-order valence-electron chi connectivity index (χ0n) is 17.3. The minimum atomic E-state index is 0.400. The fourth-order valence-corrected chi connectivity index (χ4v) is 3.05. The number of piperazine rings is 1. The Morgan fingerprint density at radius 1 is 1.00 bits per heavy atom. The second kappa shape index (κ2) is 10.5. The Bertz CT molecular complexity index is 544. The van der Waals surface area contributed by atoms with Crippen LogP contribution in [-0.4, -0.2) is 61.6 Å². The molecule has 0 aliphatic carbocycles. The van der Waals surface area contributed by atoms with Gasteiger partial charge in [-0.05, 0) is 30.5 Å². The monoisotopic (exact) mass is 359 g/mol. The quantitative estimate of drug-likeness (QED) is 0.580. The molecule has 0 spiro atoms. The highest BCUT2D eigenvalue weighted by atomic mass is 15.3. The summed E-state index contributed by atoms with van der Waals surface area (Å²) in [4.78, 5) is 9.39. The van der Waals surface area contributed by atoms with E-state index in [0.29, 0.717) is 12.0 Å². The van der Waals surface area contributed by atoms with Crippen LogP contribution in [0, 0.1) is 5.92 Å². The first-order valence-corrected chi connectivity index (χ1v) is 10.0. The van der Waals surface area contributed by atoms with Gasteiger partial charge < -0.3 is 15.5 Å². The number of benzene rings is 1. The van der Waals surface area contributed by atoms with Crippen LogP contribution in [0.2, 0.25) is 0 Å². The Hall–Kier alpha value is -1.59. The van der Waals surface area contributed by atoms with Gasteiger partial charge in [-0.1, -0.05) is 45.0 Å². The molecule has 1 atom stereocenters. The van der Waals surface area contributed by atoms with Crippen molar-refractivity contribution in [1.82, 2.24) is 20.4 Å². The van der Waals surface area contributed by atoms with E-state index in [1.54, 1.807) is 0 Å². The predicted octanol–water partition coefficient (Wildman–Crippen LogP) is 2.53. The smallest absolute Gasteiger partial charge is 0.191 e. The maximum Gasteiger partial charge on any atom is 0.191 e. The topological polar surface area (TPSA) is 42.9 Å². The van der Waals surface area contributed by atoms with Gasteiger partial charge in [-0.3, -0.25) is 9.89 Å². The highest BCUT2D eigenvalue weighted by Gasteiger charge is 2.15. The molecule has 5 nitrogen and oxygen atoms in total. The zero-order valence-corrected chi connectivity index (χ0v) is 17.3. The van der Waals surface area contributed by atoms with Crippen molar-refractivity contribution >= 4 is 5.96 Å². The summed E-state index contributed by atoms with van der Waals surface area (Å²) < 4.78 is 0. The summed E-state index contributed by atoms with van der Waals surface area (Å²) in [7, 11) is 1.82. The molecule has 0 aromatic heterocycles. The van der Waals surface area contributed by atoms with Gasteiger partial charge in [0.2, 0.25) is 0 Å². The molecule has 146 valence electrons. The van der Waals surface area contributed by atoms with Gasteiger partial charge in [0.25, 0.3) is 0 Å². The lowest BCUT2D eigenvalue weighted by molar-refractivity contribution is 0.132. The van der Waals surface area contributed by atoms with Crippen molar-refractivity contribution in [1.29, 1.82) is 0 Å². The largest absolute Gasteiger partial charge is 0.354 e. The van der Waals surface area contributed by atoms with Gasteiger partial charge in [0.1, 0.15) is 0 Å². The van der Waals surface area contributed by atoms with Crippen molar-refractivity contribution in [2.24, 2.45) is 10.9 Å². The summed E-state index contributed by atoms with van der Waals surface area (Å²) >= 11 is 0. The van der Waals surface area contributed by atoms with Crippen LogP contribution in [0.4, 0.5) is 0 Å². The lowest BCUT2D eigenvalue weighted by Crippen LogP contribution is -2.45. The number of rotatable bonds is 7. The lowest BCUT2D eigenvalue weighted by atomic mass is 10.1. The van der Waals surface area contributed by atoms with Crippen molar-refractivity contribution < 1.29 is 0 Å². The van der Waals surface area contributed by atoms with E-state index in [2.05, 4.69) is 77.4 Å². The maximum absolute atomic E-state index is 4.32. The Balaban J connectivity index is 1.78. The third kappa shape index (κ3) is 6.61. The second-order valence-electron chi connectivity index (χ2n) is 7.63. The van der Waals surface area contributed by atoms with E-state index < -0.39 is 0 Å². The predicted molar refractivity (Wildman–Crippen MR) is 111 cm³/mol. The highest BCUT2D eigenvalue weighted by molar-refractivity contribution is 5.79. The SMILES string of the molecule is CCN1CCN(Cc2ccc(CNC(=NC)NC(C)C(C)C)cc2)CC1. The number of nitrogens with zero attached hydrogens (tertiary/aromatic N) is 3. The van der Waals surface area contributed by atoms with Crippen molar-refractivity contribution in [2.45, 2.75) is 46.8 Å². The Morgan fingerprint density at radius 3 is 2.12 bits per heavy atom. The van der Waals surface area contributed by atoms with Gasteiger partial charge in [-0.25, -0.2) is 0 Å². The summed E-state index contributed by atoms with van der Waals surface area (Å²) in [6, 6.07) is 9.37. The molecule has 5 heteroatoms. The van der Waals surface area contributed by atoms with Gasteiger partial charge in [0, 0.05) is 52.4 Å². The average Bonchev–Trinajstić information content (AvgIpc) is 2.66. The first-order valence-electron chi connectivity index (χ1n) is 10.0. The Morgan fingerprint density at radius 2 is 1.58 bits per heavy atom. The van der Waals surface area contributed by atoms with E-state index in [4.69, 9.17) is 0 Å². The molecule has 1 heterocycles. The summed E-state index contributed by atoms with van der Waals surface area (Å²) in [5.74, 6) is 1.44. The van der Waals surface area contributed by atoms with Crippen LogP contribution in [0.3, 0.4) is 0 Å². The van der Waals surface area contributed by atoms with Gasteiger partial charge in [-0.2, -0.15) is 0 Å². The molecule has 1 unspecified atom stereocenters. The fraction of sp³-hybridized carbons (Fsp3) is 0.667.